The Labute approximate surface area is 159 Å². The first-order valence-corrected chi connectivity index (χ1v) is 8.63. The summed E-state index contributed by atoms with van der Waals surface area (Å²) in [6.07, 6.45) is 3.78. The Morgan fingerprint density at radius 2 is 1.81 bits per heavy atom. The average molecular weight is 387 g/mol. The van der Waals surface area contributed by atoms with E-state index in [1.807, 2.05) is 12.3 Å². The number of nitrogens with zero attached hydrogens (tertiary/aromatic N) is 2. The molecule has 26 heavy (non-hydrogen) atoms. The van der Waals surface area contributed by atoms with Gasteiger partial charge in [-0.2, -0.15) is 4.39 Å². The number of aromatic nitrogens is 3. The molecule has 0 spiro atoms. The second kappa shape index (κ2) is 6.94. The number of anilines is 2. The van der Waals surface area contributed by atoms with Gasteiger partial charge in [-0.25, -0.2) is 9.97 Å². The highest BCUT2D eigenvalue weighted by atomic mass is 35.5. The van der Waals surface area contributed by atoms with E-state index in [-0.39, 0.29) is 0 Å². The van der Waals surface area contributed by atoms with E-state index >= 15 is 0 Å². The highest BCUT2D eigenvalue weighted by molar-refractivity contribution is 6.31. The molecule has 4 nitrogen and oxygen atoms in total. The van der Waals surface area contributed by atoms with Gasteiger partial charge < -0.3 is 10.3 Å². The van der Waals surface area contributed by atoms with Crippen molar-refractivity contribution in [2.24, 2.45) is 0 Å². The van der Waals surface area contributed by atoms with Crippen LogP contribution in [0.15, 0.2) is 54.9 Å². The van der Waals surface area contributed by atoms with Crippen molar-refractivity contribution in [3.63, 3.8) is 0 Å². The zero-order chi connectivity index (χ0) is 18.1. The van der Waals surface area contributed by atoms with Gasteiger partial charge in [-0.05, 0) is 42.0 Å². The molecule has 7 heteroatoms. The molecule has 0 amide bonds. The maximum absolute atomic E-state index is 14.5. The molecule has 0 saturated heterocycles. The van der Waals surface area contributed by atoms with Gasteiger partial charge in [-0.15, -0.1) is 0 Å². The number of nitrogens with one attached hydrogen (secondary N) is 2. The van der Waals surface area contributed by atoms with Crippen LogP contribution in [0.25, 0.3) is 11.0 Å². The Morgan fingerprint density at radius 1 is 1.00 bits per heavy atom. The fraction of sp³-hybridized carbons (Fsp3) is 0.0526. The molecule has 2 N–H and O–H groups in total. The van der Waals surface area contributed by atoms with Crippen LogP contribution >= 0.6 is 23.2 Å². The molecular formula is C19H13Cl2FN4. The minimum atomic E-state index is -0.520. The quantitative estimate of drug-likeness (QED) is 0.439. The van der Waals surface area contributed by atoms with Crippen molar-refractivity contribution in [3.05, 3.63) is 82.0 Å². The summed E-state index contributed by atoms with van der Waals surface area (Å²) in [5, 5.41) is 5.11. The summed E-state index contributed by atoms with van der Waals surface area (Å²) in [5.41, 5.74) is 2.91. The Bertz CT molecular complexity index is 1080. The Morgan fingerprint density at radius 3 is 2.58 bits per heavy atom. The molecule has 0 atom stereocenters. The highest BCUT2D eigenvalue weighted by Crippen LogP contribution is 2.24. The van der Waals surface area contributed by atoms with E-state index in [4.69, 9.17) is 23.2 Å². The largest absolute Gasteiger partial charge is 0.346 e. The molecule has 0 saturated carbocycles. The van der Waals surface area contributed by atoms with Crippen LogP contribution < -0.4 is 5.32 Å². The molecule has 4 rings (SSSR count). The molecule has 0 fully saturated rings. The number of aromatic amines is 1. The van der Waals surface area contributed by atoms with Crippen LogP contribution in [0.4, 0.5) is 15.9 Å². The maximum atomic E-state index is 14.5. The lowest BCUT2D eigenvalue weighted by atomic mass is 10.1. The summed E-state index contributed by atoms with van der Waals surface area (Å²) in [7, 11) is 0. The van der Waals surface area contributed by atoms with Gasteiger partial charge in [-0.3, -0.25) is 0 Å². The third kappa shape index (κ3) is 3.49. The molecule has 0 aliphatic carbocycles. The number of pyridine rings is 2. The van der Waals surface area contributed by atoms with Gasteiger partial charge in [0, 0.05) is 40.5 Å². The summed E-state index contributed by atoms with van der Waals surface area (Å²) in [4.78, 5) is 11.3. The maximum Gasteiger partial charge on any atom is 0.218 e. The molecule has 0 aliphatic heterocycles. The minimum Gasteiger partial charge on any atom is -0.346 e. The van der Waals surface area contributed by atoms with Gasteiger partial charge in [0.1, 0.15) is 11.5 Å². The Hall–Kier alpha value is -2.63. The van der Waals surface area contributed by atoms with Crippen LogP contribution in [0.2, 0.25) is 10.0 Å². The normalized spacial score (nSPS) is 11.0. The second-order valence-corrected chi connectivity index (χ2v) is 6.69. The zero-order valence-corrected chi connectivity index (χ0v) is 14.9. The molecule has 3 aromatic heterocycles. The predicted octanol–water partition coefficient (Wildman–Crippen LogP) is 5.74. The number of benzene rings is 1. The van der Waals surface area contributed by atoms with Crippen LogP contribution in [-0.2, 0) is 6.42 Å². The van der Waals surface area contributed by atoms with Crippen LogP contribution in [0, 0.1) is 5.95 Å². The van der Waals surface area contributed by atoms with Gasteiger partial charge in [0.15, 0.2) is 0 Å². The molecule has 0 aliphatic rings. The van der Waals surface area contributed by atoms with E-state index in [0.29, 0.717) is 27.8 Å². The first-order valence-electron chi connectivity index (χ1n) is 7.88. The van der Waals surface area contributed by atoms with E-state index in [0.717, 1.165) is 22.3 Å². The van der Waals surface area contributed by atoms with Crippen molar-refractivity contribution in [1.82, 2.24) is 15.0 Å². The van der Waals surface area contributed by atoms with Crippen LogP contribution in [0.3, 0.4) is 0 Å². The van der Waals surface area contributed by atoms with E-state index in [9.17, 15) is 4.39 Å². The van der Waals surface area contributed by atoms with Crippen molar-refractivity contribution in [2.75, 3.05) is 5.32 Å². The van der Waals surface area contributed by atoms with Gasteiger partial charge in [0.05, 0.1) is 5.02 Å². The second-order valence-electron chi connectivity index (χ2n) is 5.82. The standard InChI is InChI=1S/C19H13Cl2FN4/c20-13-2-4-15(5-3-13)25-17-6-1-11(18(22)26-17)7-12-9-23-19-16(12)8-14(21)10-24-19/h1-6,8-10H,7H2,(H,23,24)(H,25,26). The molecule has 0 unspecified atom stereocenters. The first-order chi connectivity index (χ1) is 12.6. The lowest BCUT2D eigenvalue weighted by molar-refractivity contribution is 0.572. The van der Waals surface area contributed by atoms with E-state index in [1.54, 1.807) is 42.6 Å². The lowest BCUT2D eigenvalue weighted by Crippen LogP contribution is -2.00. The monoisotopic (exact) mass is 386 g/mol. The highest BCUT2D eigenvalue weighted by Gasteiger charge is 2.11. The SMILES string of the molecule is Fc1nc(Nc2ccc(Cl)cc2)ccc1Cc1c[nH]c2ncc(Cl)cc12. The summed E-state index contributed by atoms with van der Waals surface area (Å²) < 4.78 is 14.5. The summed E-state index contributed by atoms with van der Waals surface area (Å²) in [5.74, 6) is -0.0921. The molecule has 130 valence electrons. The van der Waals surface area contributed by atoms with Crippen molar-refractivity contribution in [2.45, 2.75) is 6.42 Å². The Balaban J connectivity index is 1.57. The summed E-state index contributed by atoms with van der Waals surface area (Å²) in [6, 6.07) is 12.4. The predicted molar refractivity (Wildman–Crippen MR) is 103 cm³/mol. The van der Waals surface area contributed by atoms with Gasteiger partial charge in [0.25, 0.3) is 0 Å². The number of hydrogen-bond acceptors (Lipinski definition) is 3. The molecule has 0 bridgehead atoms. The third-order valence-corrected chi connectivity index (χ3v) is 4.47. The number of halogens is 3. The van der Waals surface area contributed by atoms with Crippen molar-refractivity contribution < 1.29 is 4.39 Å². The smallest absolute Gasteiger partial charge is 0.218 e. The fourth-order valence-electron chi connectivity index (χ4n) is 2.73. The first kappa shape index (κ1) is 16.8. The summed E-state index contributed by atoms with van der Waals surface area (Å²) in [6.45, 7) is 0. The zero-order valence-electron chi connectivity index (χ0n) is 13.4. The van der Waals surface area contributed by atoms with Crippen molar-refractivity contribution in [1.29, 1.82) is 0 Å². The number of H-pyrrole nitrogens is 1. The van der Waals surface area contributed by atoms with E-state index in [1.165, 1.54) is 0 Å². The molecule has 0 radical (unpaired) electrons. The number of hydrogen-bond donors (Lipinski definition) is 2. The van der Waals surface area contributed by atoms with Gasteiger partial charge >= 0.3 is 0 Å². The average Bonchev–Trinajstić information content (AvgIpc) is 3.01. The molecule has 1 aromatic carbocycles. The number of fused-ring (bicyclic) bond motifs is 1. The fourth-order valence-corrected chi connectivity index (χ4v) is 3.01. The number of rotatable bonds is 4. The van der Waals surface area contributed by atoms with Crippen molar-refractivity contribution in [3.8, 4) is 0 Å². The third-order valence-electron chi connectivity index (χ3n) is 4.01. The van der Waals surface area contributed by atoms with Crippen LogP contribution in [0.5, 0.6) is 0 Å². The van der Waals surface area contributed by atoms with E-state index in [2.05, 4.69) is 20.3 Å². The Kier molecular flexibility index (Phi) is 4.49. The van der Waals surface area contributed by atoms with Crippen molar-refractivity contribution >= 4 is 45.7 Å². The van der Waals surface area contributed by atoms with Gasteiger partial charge in [0.2, 0.25) is 5.95 Å². The van der Waals surface area contributed by atoms with E-state index < -0.39 is 5.95 Å². The van der Waals surface area contributed by atoms with Crippen LogP contribution in [0.1, 0.15) is 11.1 Å². The lowest BCUT2D eigenvalue weighted by Gasteiger charge is -2.08. The molecule has 4 aromatic rings. The molecular weight excluding hydrogens is 374 g/mol. The van der Waals surface area contributed by atoms with Crippen LogP contribution in [-0.4, -0.2) is 15.0 Å². The minimum absolute atomic E-state index is 0.391. The topological polar surface area (TPSA) is 53.6 Å². The van der Waals surface area contributed by atoms with Gasteiger partial charge in [-0.1, -0.05) is 29.3 Å². The summed E-state index contributed by atoms with van der Waals surface area (Å²) >= 11 is 11.9. The molecule has 3 heterocycles.